The van der Waals surface area contributed by atoms with Crippen LogP contribution in [-0.4, -0.2) is 77.9 Å². The molecule has 3 aliphatic rings. The van der Waals surface area contributed by atoms with Gasteiger partial charge in [0, 0.05) is 62.5 Å². The zero-order valence-corrected chi connectivity index (χ0v) is 21.5. The third kappa shape index (κ3) is 5.46. The molecule has 2 saturated heterocycles. The summed E-state index contributed by atoms with van der Waals surface area (Å²) in [6, 6.07) is 13.1. The molecular formula is C28H35N7O3. The minimum absolute atomic E-state index is 0.168. The minimum Gasteiger partial charge on any atom is -0.507 e. The average molecular weight is 518 g/mol. The first kappa shape index (κ1) is 24.7. The number of rotatable bonds is 7. The number of ether oxygens (including phenoxy) is 2. The first-order valence-corrected chi connectivity index (χ1v) is 13.5. The number of nitrogens with zero attached hydrogens (tertiary/aromatic N) is 5. The van der Waals surface area contributed by atoms with E-state index >= 15 is 0 Å². The van der Waals surface area contributed by atoms with Crippen molar-refractivity contribution in [3.63, 3.8) is 0 Å². The number of pyridine rings is 1. The number of nitrogen functional groups attached to an aromatic ring is 1. The molecule has 0 atom stereocenters. The molecule has 0 radical (unpaired) electrons. The lowest BCUT2D eigenvalue weighted by Crippen LogP contribution is -2.47. The quantitative estimate of drug-likeness (QED) is 0.431. The highest BCUT2D eigenvalue weighted by Crippen LogP contribution is 2.33. The van der Waals surface area contributed by atoms with Gasteiger partial charge in [0.1, 0.15) is 11.9 Å². The van der Waals surface area contributed by atoms with E-state index in [2.05, 4.69) is 30.3 Å². The van der Waals surface area contributed by atoms with E-state index in [4.69, 9.17) is 15.2 Å². The first-order chi connectivity index (χ1) is 18.6. The van der Waals surface area contributed by atoms with Gasteiger partial charge in [0.05, 0.1) is 23.6 Å². The molecule has 10 nitrogen and oxygen atoms in total. The minimum atomic E-state index is 0.168. The van der Waals surface area contributed by atoms with Crippen LogP contribution in [0.3, 0.4) is 0 Å². The third-order valence-electron chi connectivity index (χ3n) is 7.70. The molecule has 1 aliphatic carbocycles. The number of aromatic hydroxyl groups is 1. The Hall–Kier alpha value is -3.63. The van der Waals surface area contributed by atoms with Crippen LogP contribution in [0.4, 0.5) is 17.2 Å². The highest BCUT2D eigenvalue weighted by atomic mass is 16.5. The summed E-state index contributed by atoms with van der Waals surface area (Å²) in [5, 5.41) is 22.0. The highest BCUT2D eigenvalue weighted by molar-refractivity contribution is 5.74. The maximum Gasteiger partial charge on any atom is 0.215 e. The van der Waals surface area contributed by atoms with Crippen LogP contribution in [0.1, 0.15) is 25.7 Å². The van der Waals surface area contributed by atoms with Gasteiger partial charge < -0.3 is 35.4 Å². The molecule has 3 aromatic rings. The fourth-order valence-electron chi connectivity index (χ4n) is 5.43. The second kappa shape index (κ2) is 11.0. The Balaban J connectivity index is 1.04. The van der Waals surface area contributed by atoms with E-state index in [9.17, 15) is 5.11 Å². The summed E-state index contributed by atoms with van der Waals surface area (Å²) in [5.74, 6) is 1.23. The number of para-hydroxylation sites is 1. The van der Waals surface area contributed by atoms with Gasteiger partial charge in [0.15, 0.2) is 5.82 Å². The number of phenolic OH excluding ortho intramolecular Hbond substituents is 1. The van der Waals surface area contributed by atoms with Crippen LogP contribution in [0.15, 0.2) is 48.7 Å². The molecule has 0 bridgehead atoms. The van der Waals surface area contributed by atoms with E-state index in [1.54, 1.807) is 12.1 Å². The van der Waals surface area contributed by atoms with Gasteiger partial charge in [0.25, 0.3) is 0 Å². The molecule has 10 heteroatoms. The van der Waals surface area contributed by atoms with Crippen molar-refractivity contribution in [3.05, 3.63) is 48.7 Å². The predicted octanol–water partition coefficient (Wildman–Crippen LogP) is 2.83. The van der Waals surface area contributed by atoms with E-state index in [0.717, 1.165) is 76.3 Å². The maximum absolute atomic E-state index is 10.2. The fourth-order valence-corrected chi connectivity index (χ4v) is 5.43. The Morgan fingerprint density at radius 1 is 0.895 bits per heavy atom. The Morgan fingerprint density at radius 3 is 2.45 bits per heavy atom. The van der Waals surface area contributed by atoms with Gasteiger partial charge in [-0.15, -0.1) is 10.2 Å². The molecular weight excluding hydrogens is 482 g/mol. The van der Waals surface area contributed by atoms with Crippen molar-refractivity contribution in [2.24, 2.45) is 0 Å². The number of phenols is 1. The van der Waals surface area contributed by atoms with Gasteiger partial charge in [0.2, 0.25) is 5.88 Å². The molecule has 2 aliphatic heterocycles. The Labute approximate surface area is 222 Å². The van der Waals surface area contributed by atoms with Gasteiger partial charge in [-0.25, -0.2) is 4.98 Å². The Morgan fingerprint density at radius 2 is 1.66 bits per heavy atom. The van der Waals surface area contributed by atoms with Crippen LogP contribution in [-0.2, 0) is 4.74 Å². The molecule has 0 amide bonds. The smallest absolute Gasteiger partial charge is 0.215 e. The molecule has 1 aromatic carbocycles. The standard InChI is InChI=1S/C28H35N7O3/c29-28-25(18-24(32-33-28)23-3-1-2-4-26(23)36)35-13-11-34(12-14-35)19-5-10-31-27(15-19)38-22-16-21(17-22)37-20-6-8-30-9-7-20/h1-5,10,15,18,20-22,30,36H,6-9,11-14,16-17H2,(H2,29,33). The SMILES string of the molecule is Nc1nnc(-c2ccccc2O)cc1N1CCN(c2ccnc(OC3CC(OC4CCNCC4)C3)c2)CC1. The predicted molar refractivity (Wildman–Crippen MR) is 147 cm³/mol. The normalized spacial score (nSPS) is 22.2. The van der Waals surface area contributed by atoms with Crippen molar-refractivity contribution in [2.45, 2.75) is 44.0 Å². The van der Waals surface area contributed by atoms with Gasteiger partial charge in [-0.3, -0.25) is 0 Å². The van der Waals surface area contributed by atoms with Crippen LogP contribution in [0.2, 0.25) is 0 Å². The molecule has 6 rings (SSSR count). The van der Waals surface area contributed by atoms with E-state index in [-0.39, 0.29) is 11.9 Å². The van der Waals surface area contributed by atoms with Crippen molar-refractivity contribution >= 4 is 17.2 Å². The van der Waals surface area contributed by atoms with Crippen molar-refractivity contribution in [1.29, 1.82) is 0 Å². The summed E-state index contributed by atoms with van der Waals surface area (Å²) in [7, 11) is 0. The molecule has 38 heavy (non-hydrogen) atoms. The molecule has 3 fully saturated rings. The van der Waals surface area contributed by atoms with Crippen molar-refractivity contribution < 1.29 is 14.6 Å². The number of piperazine rings is 1. The van der Waals surface area contributed by atoms with Crippen LogP contribution in [0.25, 0.3) is 11.3 Å². The summed E-state index contributed by atoms with van der Waals surface area (Å²) in [5.41, 5.74) is 9.38. The molecule has 1 saturated carbocycles. The molecule has 0 spiro atoms. The van der Waals surface area contributed by atoms with Crippen molar-refractivity contribution in [3.8, 4) is 22.9 Å². The molecule has 2 aromatic heterocycles. The zero-order valence-electron chi connectivity index (χ0n) is 21.5. The number of aromatic nitrogens is 3. The molecule has 4 N–H and O–H groups in total. The van der Waals surface area contributed by atoms with Crippen LogP contribution < -0.4 is 25.6 Å². The lowest BCUT2D eigenvalue weighted by atomic mass is 9.91. The summed E-state index contributed by atoms with van der Waals surface area (Å²) in [6.07, 6.45) is 6.74. The summed E-state index contributed by atoms with van der Waals surface area (Å²) < 4.78 is 12.4. The van der Waals surface area contributed by atoms with Crippen molar-refractivity contribution in [1.82, 2.24) is 20.5 Å². The van der Waals surface area contributed by atoms with Gasteiger partial charge >= 0.3 is 0 Å². The lowest BCUT2D eigenvalue weighted by Gasteiger charge is -2.39. The van der Waals surface area contributed by atoms with Crippen LogP contribution in [0, 0.1) is 0 Å². The van der Waals surface area contributed by atoms with E-state index < -0.39 is 0 Å². The number of anilines is 3. The van der Waals surface area contributed by atoms with Crippen molar-refractivity contribution in [2.75, 3.05) is 54.8 Å². The molecule has 200 valence electrons. The van der Waals surface area contributed by atoms with E-state index in [1.165, 1.54) is 0 Å². The Bertz CT molecular complexity index is 1240. The average Bonchev–Trinajstić information content (AvgIpc) is 2.93. The number of benzene rings is 1. The summed E-state index contributed by atoms with van der Waals surface area (Å²) in [6.45, 7) is 5.32. The fraction of sp³-hybridized carbons (Fsp3) is 0.464. The second-order valence-electron chi connectivity index (χ2n) is 10.3. The zero-order chi connectivity index (χ0) is 25.9. The number of hydrogen-bond acceptors (Lipinski definition) is 10. The van der Waals surface area contributed by atoms with Gasteiger partial charge in [-0.2, -0.15) is 0 Å². The number of nitrogens with two attached hydrogens (primary N) is 1. The third-order valence-corrected chi connectivity index (χ3v) is 7.70. The number of hydrogen-bond donors (Lipinski definition) is 3. The largest absolute Gasteiger partial charge is 0.507 e. The van der Waals surface area contributed by atoms with Gasteiger partial charge in [-0.1, -0.05) is 12.1 Å². The monoisotopic (exact) mass is 517 g/mol. The maximum atomic E-state index is 10.2. The van der Waals surface area contributed by atoms with E-state index in [1.807, 2.05) is 36.5 Å². The number of piperidine rings is 1. The molecule has 0 unspecified atom stereocenters. The topological polar surface area (TPSA) is 122 Å². The van der Waals surface area contributed by atoms with Gasteiger partial charge in [-0.05, 0) is 50.2 Å². The lowest BCUT2D eigenvalue weighted by molar-refractivity contribution is -0.103. The first-order valence-electron chi connectivity index (χ1n) is 13.5. The van der Waals surface area contributed by atoms with E-state index in [0.29, 0.717) is 35.2 Å². The Kier molecular flexibility index (Phi) is 7.15. The number of nitrogens with one attached hydrogen (secondary N) is 1. The second-order valence-corrected chi connectivity index (χ2v) is 10.3. The molecule has 4 heterocycles. The summed E-state index contributed by atoms with van der Waals surface area (Å²) in [4.78, 5) is 9.01. The highest BCUT2D eigenvalue weighted by Gasteiger charge is 2.34. The summed E-state index contributed by atoms with van der Waals surface area (Å²) >= 11 is 0. The van der Waals surface area contributed by atoms with Crippen LogP contribution >= 0.6 is 0 Å². The van der Waals surface area contributed by atoms with Crippen LogP contribution in [0.5, 0.6) is 11.6 Å².